The summed E-state index contributed by atoms with van der Waals surface area (Å²) in [5, 5.41) is 0.949. The number of fused-ring (bicyclic) bond motifs is 1. The van der Waals surface area contributed by atoms with Crippen LogP contribution in [0, 0.1) is 11.2 Å². The highest BCUT2D eigenvalue weighted by Gasteiger charge is 2.29. The lowest BCUT2D eigenvalue weighted by Crippen LogP contribution is -2.25. The first-order valence-electron chi connectivity index (χ1n) is 5.51. The van der Waals surface area contributed by atoms with Gasteiger partial charge in [-0.05, 0) is 30.0 Å². The van der Waals surface area contributed by atoms with Crippen molar-refractivity contribution in [2.45, 2.75) is 32.8 Å². The summed E-state index contributed by atoms with van der Waals surface area (Å²) in [5.74, 6) is 0.666. The van der Waals surface area contributed by atoms with Gasteiger partial charge in [-0.3, -0.25) is 0 Å². The first-order valence-corrected chi connectivity index (χ1v) is 6.63. The van der Waals surface area contributed by atoms with Gasteiger partial charge in [-0.2, -0.15) is 0 Å². The van der Waals surface area contributed by atoms with Gasteiger partial charge in [0, 0.05) is 17.3 Å². The molecule has 1 unspecified atom stereocenters. The summed E-state index contributed by atoms with van der Waals surface area (Å²) >= 11 is 3.51. The van der Waals surface area contributed by atoms with Gasteiger partial charge in [0.25, 0.3) is 0 Å². The van der Waals surface area contributed by atoms with Crippen LogP contribution in [0.25, 0.3) is 0 Å². The Balaban J connectivity index is 2.06. The first kappa shape index (κ1) is 11.9. The summed E-state index contributed by atoms with van der Waals surface area (Å²) in [6.45, 7) is 4.41. The zero-order valence-corrected chi connectivity index (χ0v) is 11.2. The van der Waals surface area contributed by atoms with Gasteiger partial charge in [0.1, 0.15) is 17.7 Å². The molecule has 1 aliphatic heterocycles. The maximum Gasteiger partial charge on any atom is 0.123 e. The molecule has 0 N–H and O–H groups in total. The standard InChI is InChI=1S/C13H16BrFO/c1-13(2,8-14)7-11-6-9-5-10(15)3-4-12(9)16-11/h3-5,11H,6-8H2,1-2H3. The van der Waals surface area contributed by atoms with Crippen molar-refractivity contribution >= 4 is 15.9 Å². The number of rotatable bonds is 3. The molecule has 1 heterocycles. The summed E-state index contributed by atoms with van der Waals surface area (Å²) in [7, 11) is 0. The molecular weight excluding hydrogens is 271 g/mol. The minimum atomic E-state index is -0.178. The summed E-state index contributed by atoms with van der Waals surface area (Å²) < 4.78 is 18.8. The van der Waals surface area contributed by atoms with Crippen molar-refractivity contribution in [1.82, 2.24) is 0 Å². The molecule has 1 aliphatic rings. The van der Waals surface area contributed by atoms with E-state index in [1.54, 1.807) is 12.1 Å². The molecule has 0 saturated carbocycles. The molecule has 1 aromatic carbocycles. The monoisotopic (exact) mass is 286 g/mol. The molecule has 0 bridgehead atoms. The van der Waals surface area contributed by atoms with Crippen LogP contribution in [0.5, 0.6) is 5.75 Å². The lowest BCUT2D eigenvalue weighted by atomic mass is 9.88. The van der Waals surface area contributed by atoms with E-state index in [0.29, 0.717) is 0 Å². The van der Waals surface area contributed by atoms with E-state index in [-0.39, 0.29) is 17.3 Å². The molecule has 3 heteroatoms. The van der Waals surface area contributed by atoms with Crippen molar-refractivity contribution in [3.05, 3.63) is 29.6 Å². The molecule has 0 aromatic heterocycles. The van der Waals surface area contributed by atoms with E-state index in [9.17, 15) is 4.39 Å². The van der Waals surface area contributed by atoms with Crippen LogP contribution >= 0.6 is 15.9 Å². The molecule has 1 aromatic rings. The maximum absolute atomic E-state index is 13.0. The van der Waals surface area contributed by atoms with Gasteiger partial charge in [0.15, 0.2) is 0 Å². The SMILES string of the molecule is CC(C)(CBr)CC1Cc2cc(F)ccc2O1. The van der Waals surface area contributed by atoms with Crippen molar-refractivity contribution in [3.8, 4) is 5.75 Å². The van der Waals surface area contributed by atoms with E-state index >= 15 is 0 Å². The Hall–Kier alpha value is -0.570. The maximum atomic E-state index is 13.0. The third-order valence-electron chi connectivity index (χ3n) is 2.91. The van der Waals surface area contributed by atoms with Gasteiger partial charge in [-0.1, -0.05) is 29.8 Å². The lowest BCUT2D eigenvalue weighted by Gasteiger charge is -2.25. The van der Waals surface area contributed by atoms with E-state index in [4.69, 9.17) is 4.74 Å². The van der Waals surface area contributed by atoms with Crippen LogP contribution in [0.2, 0.25) is 0 Å². The Morgan fingerprint density at radius 3 is 2.94 bits per heavy atom. The molecule has 0 spiro atoms. The number of benzene rings is 1. The molecule has 2 rings (SSSR count). The Bertz CT molecular complexity index is 390. The van der Waals surface area contributed by atoms with Crippen LogP contribution in [0.4, 0.5) is 4.39 Å². The van der Waals surface area contributed by atoms with Crippen LogP contribution in [0.1, 0.15) is 25.8 Å². The van der Waals surface area contributed by atoms with Gasteiger partial charge in [0.05, 0.1) is 0 Å². The van der Waals surface area contributed by atoms with E-state index in [0.717, 1.165) is 29.5 Å². The topological polar surface area (TPSA) is 9.23 Å². The Morgan fingerprint density at radius 1 is 1.50 bits per heavy atom. The second-order valence-electron chi connectivity index (χ2n) is 5.20. The summed E-state index contributed by atoms with van der Waals surface area (Å²) in [6.07, 6.45) is 1.99. The number of hydrogen-bond donors (Lipinski definition) is 0. The lowest BCUT2D eigenvalue weighted by molar-refractivity contribution is 0.170. The molecule has 0 fully saturated rings. The van der Waals surface area contributed by atoms with Crippen molar-refractivity contribution in [2.75, 3.05) is 5.33 Å². The molecule has 0 saturated heterocycles. The van der Waals surface area contributed by atoms with Gasteiger partial charge < -0.3 is 4.74 Å². The predicted octanol–water partition coefficient (Wildman–Crippen LogP) is 3.94. The highest BCUT2D eigenvalue weighted by Crippen LogP contribution is 2.35. The predicted molar refractivity (Wildman–Crippen MR) is 66.7 cm³/mol. The van der Waals surface area contributed by atoms with Gasteiger partial charge in [0.2, 0.25) is 0 Å². The molecule has 88 valence electrons. The van der Waals surface area contributed by atoms with Crippen LogP contribution in [0.3, 0.4) is 0 Å². The molecular formula is C13H16BrFO. The summed E-state index contributed by atoms with van der Waals surface area (Å²) in [4.78, 5) is 0. The average Bonchev–Trinajstić information content (AvgIpc) is 2.58. The fourth-order valence-electron chi connectivity index (χ4n) is 2.07. The Morgan fingerprint density at radius 2 is 2.25 bits per heavy atom. The highest BCUT2D eigenvalue weighted by molar-refractivity contribution is 9.09. The highest BCUT2D eigenvalue weighted by atomic mass is 79.9. The number of hydrogen-bond acceptors (Lipinski definition) is 1. The van der Waals surface area contributed by atoms with E-state index in [1.165, 1.54) is 6.07 Å². The first-order chi connectivity index (χ1) is 7.50. The molecule has 0 radical (unpaired) electrons. The van der Waals surface area contributed by atoms with E-state index in [1.807, 2.05) is 0 Å². The summed E-state index contributed by atoms with van der Waals surface area (Å²) in [6, 6.07) is 4.76. The molecule has 0 aliphatic carbocycles. The molecule has 1 atom stereocenters. The van der Waals surface area contributed by atoms with Crippen LogP contribution in [0.15, 0.2) is 18.2 Å². The number of alkyl halides is 1. The van der Waals surface area contributed by atoms with Crippen LogP contribution in [-0.2, 0) is 6.42 Å². The van der Waals surface area contributed by atoms with Crippen molar-refractivity contribution in [2.24, 2.45) is 5.41 Å². The second-order valence-corrected chi connectivity index (χ2v) is 5.76. The fraction of sp³-hybridized carbons (Fsp3) is 0.538. The quantitative estimate of drug-likeness (QED) is 0.765. The van der Waals surface area contributed by atoms with Crippen LogP contribution in [-0.4, -0.2) is 11.4 Å². The zero-order valence-electron chi connectivity index (χ0n) is 9.59. The second kappa shape index (κ2) is 4.36. The van der Waals surface area contributed by atoms with Gasteiger partial charge >= 0.3 is 0 Å². The molecule has 0 amide bonds. The molecule has 1 nitrogen and oxygen atoms in total. The Kier molecular flexibility index (Phi) is 3.24. The summed E-state index contributed by atoms with van der Waals surface area (Å²) in [5.41, 5.74) is 1.21. The molecule has 16 heavy (non-hydrogen) atoms. The average molecular weight is 287 g/mol. The smallest absolute Gasteiger partial charge is 0.123 e. The van der Waals surface area contributed by atoms with E-state index in [2.05, 4.69) is 29.8 Å². The normalized spacial score (nSPS) is 19.4. The number of halogens is 2. The van der Waals surface area contributed by atoms with Crippen molar-refractivity contribution in [1.29, 1.82) is 0 Å². The van der Waals surface area contributed by atoms with Crippen molar-refractivity contribution < 1.29 is 9.13 Å². The Labute approximate surface area is 104 Å². The third kappa shape index (κ3) is 2.57. The van der Waals surface area contributed by atoms with Gasteiger partial charge in [-0.15, -0.1) is 0 Å². The van der Waals surface area contributed by atoms with Crippen LogP contribution < -0.4 is 4.74 Å². The zero-order chi connectivity index (χ0) is 11.8. The minimum Gasteiger partial charge on any atom is -0.490 e. The van der Waals surface area contributed by atoms with E-state index < -0.39 is 0 Å². The largest absolute Gasteiger partial charge is 0.490 e. The minimum absolute atomic E-state index is 0.178. The number of ether oxygens (including phenoxy) is 1. The third-order valence-corrected chi connectivity index (χ3v) is 4.42. The van der Waals surface area contributed by atoms with Gasteiger partial charge in [-0.25, -0.2) is 4.39 Å². The fourth-order valence-corrected chi connectivity index (χ4v) is 2.30. The van der Waals surface area contributed by atoms with Crippen molar-refractivity contribution in [3.63, 3.8) is 0 Å².